The molecule has 1 N–H and O–H groups in total. The maximum Gasteiger partial charge on any atom is 0.573 e. The molecular weight excluding hydrogens is 495 g/mol. The van der Waals surface area contributed by atoms with Crippen LogP contribution in [0.15, 0.2) is 24.5 Å². The Morgan fingerprint density at radius 3 is 2.61 bits per heavy atom. The van der Waals surface area contributed by atoms with Crippen molar-refractivity contribution in [1.82, 2.24) is 20.2 Å². The number of nitrogens with zero attached hydrogens (tertiary/aromatic N) is 4. The van der Waals surface area contributed by atoms with Crippen LogP contribution < -0.4 is 15.0 Å². The van der Waals surface area contributed by atoms with Gasteiger partial charge in [0.15, 0.2) is 0 Å². The third-order valence-electron chi connectivity index (χ3n) is 6.75. The van der Waals surface area contributed by atoms with Gasteiger partial charge in [-0.25, -0.2) is 9.97 Å². The van der Waals surface area contributed by atoms with Crippen LogP contribution >= 0.6 is 11.6 Å². The van der Waals surface area contributed by atoms with E-state index in [1.54, 1.807) is 17.3 Å². The Labute approximate surface area is 214 Å². The van der Waals surface area contributed by atoms with Crippen molar-refractivity contribution in [2.24, 2.45) is 0 Å². The average molecular weight is 526 g/mol. The minimum Gasteiger partial charge on any atom is -0.404 e. The zero-order valence-corrected chi connectivity index (χ0v) is 21.4. The molecule has 1 fully saturated rings. The number of hydrogen-bond donors (Lipinski definition) is 1. The third kappa shape index (κ3) is 6.03. The van der Waals surface area contributed by atoms with Crippen molar-refractivity contribution < 1.29 is 22.7 Å². The Morgan fingerprint density at radius 1 is 1.22 bits per heavy atom. The monoisotopic (exact) mass is 525 g/mol. The number of fused-ring (bicyclic) bond motifs is 1. The van der Waals surface area contributed by atoms with E-state index in [1.807, 2.05) is 13.8 Å². The molecule has 2 heterocycles. The summed E-state index contributed by atoms with van der Waals surface area (Å²) in [5.41, 5.74) is 2.72. The standard InChI is InChI=1S/C25H31ClF3N5O2/c1-15(2)30-13-18(17-5-6-19(26)21(12-17)36-25(27,28)29)24(35)34-10-8-33(9-11-34)23-22-16(3)4-7-20(22)31-14-32-23/h5-6,12,14-16,18,30H,4,7-11,13H2,1-3H3/t16?,18-/m1/s1. The number of carbonyl (C=O) groups excluding carboxylic acids is 1. The molecule has 0 spiro atoms. The second-order valence-corrected chi connectivity index (χ2v) is 10.1. The van der Waals surface area contributed by atoms with Crippen molar-refractivity contribution in [3.63, 3.8) is 0 Å². The van der Waals surface area contributed by atoms with E-state index in [-0.39, 0.29) is 23.5 Å². The van der Waals surface area contributed by atoms with Gasteiger partial charge in [-0.2, -0.15) is 0 Å². The van der Waals surface area contributed by atoms with Crippen LogP contribution in [0.3, 0.4) is 0 Å². The van der Waals surface area contributed by atoms with Gasteiger partial charge in [0.25, 0.3) is 0 Å². The Bertz CT molecular complexity index is 1090. The number of benzene rings is 1. The summed E-state index contributed by atoms with van der Waals surface area (Å²) in [4.78, 5) is 26.6. The molecule has 1 aromatic carbocycles. The first-order valence-electron chi connectivity index (χ1n) is 12.2. The maximum absolute atomic E-state index is 13.6. The van der Waals surface area contributed by atoms with E-state index in [2.05, 4.69) is 31.8 Å². The van der Waals surface area contributed by atoms with E-state index < -0.39 is 18.0 Å². The van der Waals surface area contributed by atoms with Crippen molar-refractivity contribution in [2.45, 2.75) is 57.9 Å². The van der Waals surface area contributed by atoms with Gasteiger partial charge >= 0.3 is 6.36 Å². The van der Waals surface area contributed by atoms with Crippen molar-refractivity contribution in [3.05, 3.63) is 46.4 Å². The molecule has 0 bridgehead atoms. The van der Waals surface area contributed by atoms with Crippen LogP contribution in [0.1, 0.15) is 55.8 Å². The highest BCUT2D eigenvalue weighted by Crippen LogP contribution is 2.37. The number of piperazine rings is 1. The molecule has 1 aliphatic carbocycles. The highest BCUT2D eigenvalue weighted by Gasteiger charge is 2.34. The van der Waals surface area contributed by atoms with Gasteiger partial charge in [0.05, 0.1) is 10.9 Å². The van der Waals surface area contributed by atoms with Crippen LogP contribution in [0.25, 0.3) is 0 Å². The average Bonchev–Trinajstić information content (AvgIpc) is 3.21. The van der Waals surface area contributed by atoms with Gasteiger partial charge in [-0.05, 0) is 36.5 Å². The molecule has 2 aliphatic rings. The number of ether oxygens (including phenoxy) is 1. The first-order valence-corrected chi connectivity index (χ1v) is 12.6. The van der Waals surface area contributed by atoms with Crippen molar-refractivity contribution in [2.75, 3.05) is 37.6 Å². The van der Waals surface area contributed by atoms with Gasteiger partial charge in [-0.1, -0.05) is 38.4 Å². The third-order valence-corrected chi connectivity index (χ3v) is 7.07. The molecule has 1 amide bonds. The van der Waals surface area contributed by atoms with E-state index >= 15 is 0 Å². The maximum atomic E-state index is 13.6. The van der Waals surface area contributed by atoms with Crippen LogP contribution in [0.4, 0.5) is 19.0 Å². The number of anilines is 1. The van der Waals surface area contributed by atoms with Crippen LogP contribution in [0.5, 0.6) is 5.75 Å². The molecule has 1 saturated heterocycles. The van der Waals surface area contributed by atoms with E-state index in [9.17, 15) is 18.0 Å². The minimum absolute atomic E-state index is 0.0946. The molecule has 0 radical (unpaired) electrons. The van der Waals surface area contributed by atoms with Gasteiger partial charge in [-0.15, -0.1) is 13.2 Å². The molecule has 2 aromatic rings. The lowest BCUT2D eigenvalue weighted by molar-refractivity contribution is -0.274. The van der Waals surface area contributed by atoms with Crippen molar-refractivity contribution in [3.8, 4) is 5.75 Å². The fourth-order valence-electron chi connectivity index (χ4n) is 4.87. The molecule has 1 unspecified atom stereocenters. The number of halogens is 4. The van der Waals surface area contributed by atoms with Gasteiger partial charge < -0.3 is 19.9 Å². The van der Waals surface area contributed by atoms with Crippen molar-refractivity contribution >= 4 is 23.3 Å². The molecule has 36 heavy (non-hydrogen) atoms. The van der Waals surface area contributed by atoms with Crippen LogP contribution in [-0.2, 0) is 11.2 Å². The molecule has 2 atom stereocenters. The molecule has 0 saturated carbocycles. The predicted octanol–water partition coefficient (Wildman–Crippen LogP) is 4.51. The molecule has 196 valence electrons. The molecular formula is C25H31ClF3N5O2. The minimum atomic E-state index is -4.88. The molecule has 1 aliphatic heterocycles. The van der Waals surface area contributed by atoms with Gasteiger partial charge in [0.1, 0.15) is 17.9 Å². The SMILES string of the molecule is CC(C)NC[C@@H](C(=O)N1CCN(c2ncnc3c2C(C)CC3)CC1)c1ccc(Cl)c(OC(F)(F)F)c1. The zero-order valence-electron chi connectivity index (χ0n) is 20.6. The largest absolute Gasteiger partial charge is 0.573 e. The zero-order chi connectivity index (χ0) is 26.0. The molecule has 4 rings (SSSR count). The number of alkyl halides is 3. The predicted molar refractivity (Wildman–Crippen MR) is 132 cm³/mol. The van der Waals surface area contributed by atoms with Crippen LogP contribution in [0.2, 0.25) is 5.02 Å². The summed E-state index contributed by atoms with van der Waals surface area (Å²) in [7, 11) is 0. The summed E-state index contributed by atoms with van der Waals surface area (Å²) in [6.45, 7) is 8.58. The highest BCUT2D eigenvalue weighted by atomic mass is 35.5. The first-order chi connectivity index (χ1) is 17.0. The molecule has 11 heteroatoms. The number of hydrogen-bond acceptors (Lipinski definition) is 6. The lowest BCUT2D eigenvalue weighted by Gasteiger charge is -2.38. The normalized spacial score (nSPS) is 18.9. The summed E-state index contributed by atoms with van der Waals surface area (Å²) >= 11 is 5.94. The number of rotatable bonds is 7. The summed E-state index contributed by atoms with van der Waals surface area (Å²) in [6, 6.07) is 4.22. The van der Waals surface area contributed by atoms with Crippen LogP contribution in [0, 0.1) is 0 Å². The fourth-order valence-corrected chi connectivity index (χ4v) is 5.03. The first kappa shape index (κ1) is 26.5. The lowest BCUT2D eigenvalue weighted by atomic mass is 9.96. The Balaban J connectivity index is 1.51. The van der Waals surface area contributed by atoms with Gasteiger partial charge in [0.2, 0.25) is 5.91 Å². The molecule has 1 aromatic heterocycles. The topological polar surface area (TPSA) is 70.6 Å². The van der Waals surface area contributed by atoms with Gasteiger partial charge in [0, 0.05) is 50.0 Å². The highest BCUT2D eigenvalue weighted by molar-refractivity contribution is 6.32. The van der Waals surface area contributed by atoms with E-state index in [4.69, 9.17) is 11.6 Å². The Hall–Kier alpha value is -2.59. The number of aryl methyl sites for hydroxylation is 1. The smallest absolute Gasteiger partial charge is 0.404 e. The van der Waals surface area contributed by atoms with Crippen LogP contribution in [-0.4, -0.2) is 65.9 Å². The lowest BCUT2D eigenvalue weighted by Crippen LogP contribution is -2.51. The van der Waals surface area contributed by atoms with E-state index in [1.165, 1.54) is 17.7 Å². The van der Waals surface area contributed by atoms with Gasteiger partial charge in [-0.3, -0.25) is 4.79 Å². The summed E-state index contributed by atoms with van der Waals surface area (Å²) < 4.78 is 42.7. The Kier molecular flexibility index (Phi) is 7.94. The number of carbonyl (C=O) groups is 1. The van der Waals surface area contributed by atoms with E-state index in [0.717, 1.165) is 24.4 Å². The Morgan fingerprint density at radius 2 is 1.94 bits per heavy atom. The summed E-state index contributed by atoms with van der Waals surface area (Å²) in [5, 5.41) is 3.08. The number of amides is 1. The summed E-state index contributed by atoms with van der Waals surface area (Å²) in [6.07, 6.45) is -1.26. The second kappa shape index (κ2) is 10.8. The summed E-state index contributed by atoms with van der Waals surface area (Å²) in [5.74, 6) is 0.00203. The number of nitrogens with one attached hydrogen (secondary N) is 1. The van der Waals surface area contributed by atoms with Crippen molar-refractivity contribution in [1.29, 1.82) is 0 Å². The van der Waals surface area contributed by atoms with E-state index in [0.29, 0.717) is 37.7 Å². The fraction of sp³-hybridized carbons (Fsp3) is 0.560. The quantitative estimate of drug-likeness (QED) is 0.573. The number of aromatic nitrogens is 2. The molecule has 7 nitrogen and oxygen atoms in total. The second-order valence-electron chi connectivity index (χ2n) is 9.66.